The first-order chi connectivity index (χ1) is 6.81. The van der Waals surface area contributed by atoms with Crippen LogP contribution in [0.2, 0.25) is 0 Å². The van der Waals surface area contributed by atoms with Gasteiger partial charge in [-0.25, -0.2) is 0 Å². The average Bonchev–Trinajstić information content (AvgIpc) is 2.88. The van der Waals surface area contributed by atoms with Crippen molar-refractivity contribution < 1.29 is 4.79 Å². The lowest BCUT2D eigenvalue weighted by Gasteiger charge is -1.93. The van der Waals surface area contributed by atoms with Crippen molar-refractivity contribution in [2.24, 2.45) is 0 Å². The second-order valence-electron chi connectivity index (χ2n) is 2.85. The number of aromatic nitrogens is 2. The summed E-state index contributed by atoms with van der Waals surface area (Å²) in [5.41, 5.74) is 1.23. The summed E-state index contributed by atoms with van der Waals surface area (Å²) in [5.74, 6) is -0.00435. The summed E-state index contributed by atoms with van der Waals surface area (Å²) in [5, 5.41) is 1.000. The number of hydrogen-bond acceptors (Lipinski definition) is 2. The lowest BCUT2D eigenvalue weighted by atomic mass is 10.2. The molecular formula is C10H10N2OS. The first kappa shape index (κ1) is 9.15. The molecule has 0 bridgehead atoms. The van der Waals surface area contributed by atoms with Crippen LogP contribution in [0.5, 0.6) is 0 Å². The zero-order valence-corrected chi connectivity index (χ0v) is 8.52. The quantitative estimate of drug-likeness (QED) is 0.598. The van der Waals surface area contributed by atoms with E-state index in [1.54, 1.807) is 30.1 Å². The summed E-state index contributed by atoms with van der Waals surface area (Å²) in [7, 11) is 0. The Bertz CT molecular complexity index is 431. The van der Waals surface area contributed by atoms with Crippen LogP contribution in [-0.2, 0) is 0 Å². The third-order valence-corrected chi connectivity index (χ3v) is 2.64. The molecule has 2 heterocycles. The van der Waals surface area contributed by atoms with Gasteiger partial charge in [-0.05, 0) is 30.5 Å². The van der Waals surface area contributed by atoms with E-state index >= 15 is 0 Å². The van der Waals surface area contributed by atoms with Crippen molar-refractivity contribution in [3.8, 4) is 0 Å². The predicted molar refractivity (Wildman–Crippen MR) is 56.8 cm³/mol. The minimum Gasteiger partial charge on any atom is -0.358 e. The minimum atomic E-state index is -0.00435. The molecule has 3 nitrogen and oxygen atoms in total. The third kappa shape index (κ3) is 1.61. The molecule has 0 aliphatic carbocycles. The van der Waals surface area contributed by atoms with Crippen LogP contribution < -0.4 is 0 Å². The lowest BCUT2D eigenvalue weighted by molar-refractivity contribution is 0.103. The van der Waals surface area contributed by atoms with Gasteiger partial charge in [0.25, 0.3) is 0 Å². The fourth-order valence-corrected chi connectivity index (χ4v) is 1.66. The molecular weight excluding hydrogens is 196 g/mol. The summed E-state index contributed by atoms with van der Waals surface area (Å²) in [6, 6.07) is 7.28. The van der Waals surface area contributed by atoms with Gasteiger partial charge in [-0.1, -0.05) is 0 Å². The van der Waals surface area contributed by atoms with E-state index in [0.29, 0.717) is 11.4 Å². The number of thioether (sulfide) groups is 1. The highest BCUT2D eigenvalue weighted by Gasteiger charge is 2.10. The average molecular weight is 206 g/mol. The molecule has 0 amide bonds. The molecule has 0 saturated carbocycles. The van der Waals surface area contributed by atoms with Crippen LogP contribution in [0.1, 0.15) is 16.2 Å². The molecule has 2 N–H and O–H groups in total. The maximum atomic E-state index is 11.8. The zero-order valence-electron chi connectivity index (χ0n) is 7.70. The van der Waals surface area contributed by atoms with E-state index in [-0.39, 0.29) is 5.78 Å². The van der Waals surface area contributed by atoms with Crippen LogP contribution >= 0.6 is 11.8 Å². The molecule has 0 spiro atoms. The molecule has 0 radical (unpaired) electrons. The molecule has 0 unspecified atom stereocenters. The molecule has 14 heavy (non-hydrogen) atoms. The normalized spacial score (nSPS) is 10.4. The summed E-state index contributed by atoms with van der Waals surface area (Å²) in [4.78, 5) is 17.7. The summed E-state index contributed by atoms with van der Waals surface area (Å²) in [6.07, 6.45) is 3.71. The van der Waals surface area contributed by atoms with Crippen LogP contribution in [0.15, 0.2) is 35.5 Å². The smallest absolute Gasteiger partial charge is 0.225 e. The minimum absolute atomic E-state index is 0.00435. The van der Waals surface area contributed by atoms with Gasteiger partial charge in [-0.3, -0.25) is 4.79 Å². The highest BCUT2D eigenvalue weighted by molar-refractivity contribution is 7.98. The van der Waals surface area contributed by atoms with Crippen molar-refractivity contribution in [1.29, 1.82) is 0 Å². The predicted octanol–water partition coefficient (Wildman–Crippen LogP) is 2.30. The molecule has 0 atom stereocenters. The second kappa shape index (κ2) is 3.75. The maximum absolute atomic E-state index is 11.8. The molecule has 0 aromatic carbocycles. The van der Waals surface area contributed by atoms with Gasteiger partial charge in [0.2, 0.25) is 5.78 Å². The molecule has 2 aromatic heterocycles. The second-order valence-corrected chi connectivity index (χ2v) is 3.70. The molecule has 0 aliphatic rings. The van der Waals surface area contributed by atoms with Crippen LogP contribution in [0, 0.1) is 0 Å². The fraction of sp³-hybridized carbons (Fsp3) is 0.100. The number of ketones is 1. The van der Waals surface area contributed by atoms with Gasteiger partial charge < -0.3 is 9.97 Å². The number of carbonyl (C=O) groups is 1. The molecule has 0 fully saturated rings. The topological polar surface area (TPSA) is 48.6 Å². The third-order valence-electron chi connectivity index (χ3n) is 1.97. The van der Waals surface area contributed by atoms with Crippen molar-refractivity contribution in [3.05, 3.63) is 41.9 Å². The van der Waals surface area contributed by atoms with Gasteiger partial charge in [0.1, 0.15) is 0 Å². The van der Waals surface area contributed by atoms with E-state index < -0.39 is 0 Å². The van der Waals surface area contributed by atoms with Gasteiger partial charge in [0.15, 0.2) is 0 Å². The Morgan fingerprint density at radius 2 is 2.14 bits per heavy atom. The van der Waals surface area contributed by atoms with Crippen molar-refractivity contribution in [3.63, 3.8) is 0 Å². The zero-order chi connectivity index (χ0) is 9.97. The monoisotopic (exact) mass is 206 g/mol. The molecule has 2 aromatic rings. The number of aromatic amines is 2. The SMILES string of the molecule is CSc1ccc(C(=O)c2ccc[nH]2)[nH]1. The largest absolute Gasteiger partial charge is 0.358 e. The highest BCUT2D eigenvalue weighted by Crippen LogP contribution is 2.15. The van der Waals surface area contributed by atoms with Gasteiger partial charge in [-0.15, -0.1) is 11.8 Å². The summed E-state index contributed by atoms with van der Waals surface area (Å²) < 4.78 is 0. The first-order valence-electron chi connectivity index (χ1n) is 4.22. The van der Waals surface area contributed by atoms with E-state index in [1.807, 2.05) is 18.4 Å². The van der Waals surface area contributed by atoms with Crippen molar-refractivity contribution in [2.45, 2.75) is 5.03 Å². The van der Waals surface area contributed by atoms with Crippen molar-refractivity contribution >= 4 is 17.5 Å². The number of nitrogens with one attached hydrogen (secondary N) is 2. The van der Waals surface area contributed by atoms with E-state index in [4.69, 9.17) is 0 Å². The maximum Gasteiger partial charge on any atom is 0.225 e. The summed E-state index contributed by atoms with van der Waals surface area (Å²) in [6.45, 7) is 0. The molecule has 0 aliphatic heterocycles. The Labute approximate surface area is 85.9 Å². The molecule has 0 saturated heterocycles. The standard InChI is InChI=1S/C10H10N2OS/c1-14-9-5-4-8(12-9)10(13)7-3-2-6-11-7/h2-6,11-12H,1H3. The first-order valence-corrected chi connectivity index (χ1v) is 5.45. The number of H-pyrrole nitrogens is 2. The number of rotatable bonds is 3. The van der Waals surface area contributed by atoms with E-state index in [1.165, 1.54) is 0 Å². The molecule has 72 valence electrons. The van der Waals surface area contributed by atoms with Crippen LogP contribution in [0.3, 0.4) is 0 Å². The lowest BCUT2D eigenvalue weighted by Crippen LogP contribution is -2.01. The summed E-state index contributed by atoms with van der Waals surface area (Å²) >= 11 is 1.59. The number of carbonyl (C=O) groups excluding carboxylic acids is 1. The van der Waals surface area contributed by atoms with Crippen LogP contribution in [0.4, 0.5) is 0 Å². The van der Waals surface area contributed by atoms with Gasteiger partial charge in [-0.2, -0.15) is 0 Å². The van der Waals surface area contributed by atoms with Gasteiger partial charge in [0.05, 0.1) is 16.4 Å². The van der Waals surface area contributed by atoms with Crippen LogP contribution in [-0.4, -0.2) is 22.0 Å². The van der Waals surface area contributed by atoms with E-state index in [9.17, 15) is 4.79 Å². The Kier molecular flexibility index (Phi) is 2.45. The van der Waals surface area contributed by atoms with E-state index in [2.05, 4.69) is 9.97 Å². The Morgan fingerprint density at radius 1 is 1.29 bits per heavy atom. The van der Waals surface area contributed by atoms with Gasteiger partial charge >= 0.3 is 0 Å². The fourth-order valence-electron chi connectivity index (χ4n) is 1.24. The van der Waals surface area contributed by atoms with Gasteiger partial charge in [0, 0.05) is 6.20 Å². The van der Waals surface area contributed by atoms with Crippen molar-refractivity contribution in [1.82, 2.24) is 9.97 Å². The molecule has 4 heteroatoms. The Hall–Kier alpha value is -1.42. The Balaban J connectivity index is 2.28. The number of hydrogen-bond donors (Lipinski definition) is 2. The highest BCUT2D eigenvalue weighted by atomic mass is 32.2. The van der Waals surface area contributed by atoms with Crippen LogP contribution in [0.25, 0.3) is 0 Å². The van der Waals surface area contributed by atoms with Crippen molar-refractivity contribution in [2.75, 3.05) is 6.26 Å². The van der Waals surface area contributed by atoms with E-state index in [0.717, 1.165) is 5.03 Å². The molecule has 2 rings (SSSR count). The Morgan fingerprint density at radius 3 is 2.71 bits per heavy atom.